The van der Waals surface area contributed by atoms with Crippen molar-refractivity contribution < 1.29 is 22.9 Å². The Bertz CT molecular complexity index is 998. The SMILES string of the molecule is CCC(CC)(Nc1ccnc(-c2c[nH]c3nc[nH+]cc23)n1)C(=O)NCC(F)(F)F. The zero-order chi connectivity index (χ0) is 21.1. The van der Waals surface area contributed by atoms with Crippen LogP contribution < -0.4 is 15.6 Å². The summed E-state index contributed by atoms with van der Waals surface area (Å²) in [7, 11) is 0. The monoisotopic (exact) mass is 408 g/mol. The first-order chi connectivity index (χ1) is 13.8. The lowest BCUT2D eigenvalue weighted by molar-refractivity contribution is -0.380. The largest absolute Gasteiger partial charge is 0.405 e. The second kappa shape index (κ2) is 8.02. The van der Waals surface area contributed by atoms with E-state index in [-0.39, 0.29) is 12.8 Å². The van der Waals surface area contributed by atoms with Gasteiger partial charge in [0, 0.05) is 12.4 Å². The molecule has 1 amide bonds. The molecule has 154 valence electrons. The molecule has 3 rings (SSSR count). The topological polar surface area (TPSA) is 110 Å². The molecule has 0 aromatic carbocycles. The Balaban J connectivity index is 1.88. The number of hydrogen-bond acceptors (Lipinski definition) is 5. The molecule has 0 radical (unpaired) electrons. The quantitative estimate of drug-likeness (QED) is 0.556. The van der Waals surface area contributed by atoms with Crippen LogP contribution in [0.4, 0.5) is 19.0 Å². The number of halogens is 3. The Morgan fingerprint density at radius 1 is 1.24 bits per heavy atom. The van der Waals surface area contributed by atoms with Crippen molar-refractivity contribution in [1.29, 1.82) is 0 Å². The fourth-order valence-electron chi connectivity index (χ4n) is 3.04. The number of alkyl halides is 3. The van der Waals surface area contributed by atoms with Gasteiger partial charge in [-0.15, -0.1) is 0 Å². The maximum absolute atomic E-state index is 12.5. The van der Waals surface area contributed by atoms with Gasteiger partial charge in [-0.2, -0.15) is 13.2 Å². The number of amides is 1. The summed E-state index contributed by atoms with van der Waals surface area (Å²) in [6, 6.07) is 1.57. The number of fused-ring (bicyclic) bond motifs is 1. The Kier molecular flexibility index (Phi) is 5.66. The van der Waals surface area contributed by atoms with Gasteiger partial charge in [0.05, 0.1) is 10.9 Å². The lowest BCUT2D eigenvalue weighted by Gasteiger charge is -2.32. The van der Waals surface area contributed by atoms with Crippen LogP contribution in [-0.2, 0) is 4.79 Å². The molecule has 3 aromatic heterocycles. The van der Waals surface area contributed by atoms with Crippen LogP contribution >= 0.6 is 0 Å². The van der Waals surface area contributed by atoms with E-state index in [1.807, 2.05) is 5.32 Å². The number of rotatable bonds is 7. The van der Waals surface area contributed by atoms with Gasteiger partial charge >= 0.3 is 6.18 Å². The molecule has 0 aliphatic carbocycles. The lowest BCUT2D eigenvalue weighted by atomic mass is 9.91. The Morgan fingerprint density at radius 2 is 2.00 bits per heavy atom. The first-order valence-electron chi connectivity index (χ1n) is 9.08. The molecule has 0 aliphatic rings. The van der Waals surface area contributed by atoms with E-state index in [4.69, 9.17) is 0 Å². The van der Waals surface area contributed by atoms with E-state index < -0.39 is 24.2 Å². The highest BCUT2D eigenvalue weighted by atomic mass is 19.4. The molecule has 0 unspecified atom stereocenters. The van der Waals surface area contributed by atoms with E-state index in [2.05, 4.69) is 30.2 Å². The van der Waals surface area contributed by atoms with Crippen LogP contribution in [0.25, 0.3) is 22.4 Å². The second-order valence-electron chi connectivity index (χ2n) is 6.51. The Labute approximate surface area is 164 Å². The van der Waals surface area contributed by atoms with E-state index in [0.717, 1.165) is 5.39 Å². The summed E-state index contributed by atoms with van der Waals surface area (Å²) in [4.78, 5) is 31.3. The average molecular weight is 408 g/mol. The van der Waals surface area contributed by atoms with Gasteiger partial charge in [-0.1, -0.05) is 13.8 Å². The second-order valence-corrected chi connectivity index (χ2v) is 6.51. The van der Waals surface area contributed by atoms with Gasteiger partial charge < -0.3 is 15.6 Å². The van der Waals surface area contributed by atoms with Crippen LogP contribution in [0.15, 0.2) is 31.0 Å². The van der Waals surface area contributed by atoms with Crippen LogP contribution in [-0.4, -0.2) is 44.1 Å². The maximum atomic E-state index is 12.5. The van der Waals surface area contributed by atoms with Gasteiger partial charge in [0.2, 0.25) is 5.91 Å². The van der Waals surface area contributed by atoms with Gasteiger partial charge in [-0.25, -0.2) is 15.0 Å². The number of carbonyl (C=O) groups excluding carboxylic acids is 1. The van der Waals surface area contributed by atoms with Crippen LogP contribution in [0.5, 0.6) is 0 Å². The van der Waals surface area contributed by atoms with E-state index in [1.54, 1.807) is 32.3 Å². The minimum atomic E-state index is -4.48. The predicted octanol–water partition coefficient (Wildman–Crippen LogP) is 2.48. The summed E-state index contributed by atoms with van der Waals surface area (Å²) < 4.78 is 37.5. The molecule has 29 heavy (non-hydrogen) atoms. The molecule has 3 heterocycles. The zero-order valence-electron chi connectivity index (χ0n) is 15.9. The zero-order valence-corrected chi connectivity index (χ0v) is 15.9. The number of nitrogens with zero attached hydrogens (tertiary/aromatic N) is 3. The molecule has 3 aromatic rings. The van der Waals surface area contributed by atoms with E-state index >= 15 is 0 Å². The molecular weight excluding hydrogens is 387 g/mol. The Hall–Kier alpha value is -3.24. The van der Waals surface area contributed by atoms with Crippen molar-refractivity contribution >= 4 is 22.8 Å². The highest BCUT2D eigenvalue weighted by Gasteiger charge is 2.38. The third-order valence-electron chi connectivity index (χ3n) is 4.75. The van der Waals surface area contributed by atoms with Gasteiger partial charge in [0.25, 0.3) is 12.0 Å². The number of H-pyrrole nitrogens is 2. The van der Waals surface area contributed by atoms with Crippen LogP contribution in [0.2, 0.25) is 0 Å². The normalized spacial score (nSPS) is 12.2. The van der Waals surface area contributed by atoms with Crippen molar-refractivity contribution in [3.63, 3.8) is 0 Å². The number of anilines is 1. The van der Waals surface area contributed by atoms with Gasteiger partial charge in [0.1, 0.15) is 24.1 Å². The summed E-state index contributed by atoms with van der Waals surface area (Å²) in [6.45, 7) is 2.07. The summed E-state index contributed by atoms with van der Waals surface area (Å²) in [5, 5.41) is 5.76. The van der Waals surface area contributed by atoms with E-state index in [1.165, 1.54) is 12.5 Å². The average Bonchev–Trinajstić information content (AvgIpc) is 3.14. The highest BCUT2D eigenvalue weighted by molar-refractivity contribution is 5.91. The minimum Gasteiger partial charge on any atom is -0.356 e. The summed E-state index contributed by atoms with van der Waals surface area (Å²) in [6.07, 6.45) is 2.60. The highest BCUT2D eigenvalue weighted by Crippen LogP contribution is 2.26. The van der Waals surface area contributed by atoms with Crippen molar-refractivity contribution in [2.45, 2.75) is 38.4 Å². The van der Waals surface area contributed by atoms with Gasteiger partial charge in [-0.3, -0.25) is 4.79 Å². The number of nitrogens with one attached hydrogen (secondary N) is 4. The van der Waals surface area contributed by atoms with Crippen molar-refractivity contribution in [3.05, 3.63) is 31.0 Å². The summed E-state index contributed by atoms with van der Waals surface area (Å²) in [5.74, 6) is -0.00610. The fraction of sp³-hybridized carbons (Fsp3) is 0.389. The molecule has 0 aliphatic heterocycles. The smallest absolute Gasteiger partial charge is 0.356 e. The molecule has 0 atom stereocenters. The van der Waals surface area contributed by atoms with Crippen molar-refractivity contribution in [1.82, 2.24) is 25.3 Å². The van der Waals surface area contributed by atoms with E-state index in [0.29, 0.717) is 22.9 Å². The molecule has 0 spiro atoms. The van der Waals surface area contributed by atoms with E-state index in [9.17, 15) is 18.0 Å². The van der Waals surface area contributed by atoms with Gasteiger partial charge in [-0.05, 0) is 23.9 Å². The molecular formula is C18H21F3N7O+. The fourth-order valence-corrected chi connectivity index (χ4v) is 3.04. The van der Waals surface area contributed by atoms with Gasteiger partial charge in [0.15, 0.2) is 5.82 Å². The molecule has 0 saturated carbocycles. The molecule has 0 saturated heterocycles. The van der Waals surface area contributed by atoms with Crippen LogP contribution in [0, 0.1) is 0 Å². The Morgan fingerprint density at radius 3 is 2.69 bits per heavy atom. The van der Waals surface area contributed by atoms with Crippen molar-refractivity contribution in [2.75, 3.05) is 11.9 Å². The number of hydrogen-bond donors (Lipinski definition) is 3. The summed E-state index contributed by atoms with van der Waals surface area (Å²) >= 11 is 0. The molecule has 8 nitrogen and oxygen atoms in total. The molecule has 11 heteroatoms. The van der Waals surface area contributed by atoms with Crippen molar-refractivity contribution in [3.8, 4) is 11.4 Å². The van der Waals surface area contributed by atoms with Crippen LogP contribution in [0.3, 0.4) is 0 Å². The number of aromatic amines is 2. The first-order valence-corrected chi connectivity index (χ1v) is 9.08. The number of aromatic nitrogens is 5. The third-order valence-corrected chi connectivity index (χ3v) is 4.75. The van der Waals surface area contributed by atoms with Crippen molar-refractivity contribution in [2.24, 2.45) is 0 Å². The third kappa shape index (κ3) is 4.44. The maximum Gasteiger partial charge on any atom is 0.405 e. The molecule has 0 bridgehead atoms. The summed E-state index contributed by atoms with van der Waals surface area (Å²) in [5.41, 5.74) is 0.128. The molecule has 4 N–H and O–H groups in total. The minimum absolute atomic E-state index is 0.276. The molecule has 0 fully saturated rings. The lowest BCUT2D eigenvalue weighted by Crippen LogP contribution is -2.53. The van der Waals surface area contributed by atoms with Crippen LogP contribution in [0.1, 0.15) is 26.7 Å². The standard InChI is InChI=1S/C18H20F3N7O/c1-3-17(4-2,16(29)25-9-18(19,20)21)28-13-5-6-23-15(27-13)12-8-24-14-11(12)7-22-10-26-14/h5-8,10H,3-4,9H2,1-2H3,(H,25,29)(H,22,24,26)(H,23,27,28)/p+1. The first kappa shape index (κ1) is 20.5. The predicted molar refractivity (Wildman–Crippen MR) is 99.7 cm³/mol. The number of carbonyl (C=O) groups is 1.